The quantitative estimate of drug-likeness (QED) is 0.834. The molecule has 0 aliphatic carbocycles. The number of nitrogens with one attached hydrogen (secondary N) is 1. The molecule has 1 aromatic carbocycles. The van der Waals surface area contributed by atoms with E-state index < -0.39 is 35.2 Å². The SMILES string of the molecule is COC(=O)OC1(C)CN(c2ccc(C#N)c(C(F)(F)F)c2)C(=O)N1. The van der Waals surface area contributed by atoms with Crippen LogP contribution in [0.4, 0.5) is 28.4 Å². The van der Waals surface area contributed by atoms with Crippen molar-refractivity contribution in [3.63, 3.8) is 0 Å². The first-order valence-electron chi connectivity index (χ1n) is 6.57. The van der Waals surface area contributed by atoms with Crippen LogP contribution >= 0.6 is 0 Å². The van der Waals surface area contributed by atoms with Crippen molar-refractivity contribution in [2.75, 3.05) is 18.6 Å². The van der Waals surface area contributed by atoms with E-state index in [9.17, 15) is 22.8 Å². The van der Waals surface area contributed by atoms with Crippen molar-refractivity contribution in [2.45, 2.75) is 18.8 Å². The van der Waals surface area contributed by atoms with Crippen LogP contribution in [-0.4, -0.2) is 31.6 Å². The molecule has 2 rings (SSSR count). The summed E-state index contributed by atoms with van der Waals surface area (Å²) in [6, 6.07) is 3.58. The zero-order valence-corrected chi connectivity index (χ0v) is 12.6. The first-order valence-corrected chi connectivity index (χ1v) is 6.57. The number of alkyl halides is 3. The highest BCUT2D eigenvalue weighted by Gasteiger charge is 2.44. The second-order valence-corrected chi connectivity index (χ2v) is 5.14. The zero-order chi connectivity index (χ0) is 18.1. The van der Waals surface area contributed by atoms with Gasteiger partial charge in [0.1, 0.15) is 0 Å². The fourth-order valence-electron chi connectivity index (χ4n) is 2.23. The molecular weight excluding hydrogens is 331 g/mol. The molecule has 0 radical (unpaired) electrons. The molecule has 128 valence electrons. The molecule has 1 aliphatic rings. The Bertz CT molecular complexity index is 729. The summed E-state index contributed by atoms with van der Waals surface area (Å²) >= 11 is 0. The highest BCUT2D eigenvalue weighted by atomic mass is 19.4. The van der Waals surface area contributed by atoms with Gasteiger partial charge in [-0.25, -0.2) is 9.59 Å². The van der Waals surface area contributed by atoms with Crippen LogP contribution in [0.1, 0.15) is 18.1 Å². The lowest BCUT2D eigenvalue weighted by molar-refractivity contribution is -0.137. The predicted molar refractivity (Wildman–Crippen MR) is 73.9 cm³/mol. The number of ether oxygens (including phenoxy) is 2. The summed E-state index contributed by atoms with van der Waals surface area (Å²) in [6.45, 7) is 1.14. The van der Waals surface area contributed by atoms with Crippen molar-refractivity contribution < 1.29 is 32.2 Å². The summed E-state index contributed by atoms with van der Waals surface area (Å²) < 4.78 is 48.3. The first-order chi connectivity index (χ1) is 11.1. The van der Waals surface area contributed by atoms with E-state index >= 15 is 0 Å². The largest absolute Gasteiger partial charge is 0.510 e. The van der Waals surface area contributed by atoms with Gasteiger partial charge in [-0.05, 0) is 25.1 Å². The Hall–Kier alpha value is -2.96. The Morgan fingerprint density at radius 2 is 2.12 bits per heavy atom. The molecule has 1 unspecified atom stereocenters. The van der Waals surface area contributed by atoms with E-state index in [0.29, 0.717) is 6.07 Å². The molecule has 24 heavy (non-hydrogen) atoms. The number of anilines is 1. The standard InChI is InChI=1S/C14H12F3N3O4/c1-13(24-12(22)23-2)7-20(11(21)19-13)9-4-3-8(6-18)10(5-9)14(15,16)17/h3-5H,7H2,1-2H3,(H,19,21). The molecule has 7 nitrogen and oxygen atoms in total. The number of carbonyl (C=O) groups is 2. The summed E-state index contributed by atoms with van der Waals surface area (Å²) in [6.07, 6.45) is -5.79. The van der Waals surface area contributed by atoms with E-state index in [1.54, 1.807) is 0 Å². The summed E-state index contributed by atoms with van der Waals surface area (Å²) in [5.74, 6) is 0. The maximum atomic E-state index is 13.0. The Kier molecular flexibility index (Phi) is 4.29. The summed E-state index contributed by atoms with van der Waals surface area (Å²) in [5.41, 5.74) is -3.26. The Morgan fingerprint density at radius 1 is 1.46 bits per heavy atom. The summed E-state index contributed by atoms with van der Waals surface area (Å²) in [4.78, 5) is 24.2. The minimum Gasteiger partial charge on any atom is -0.438 e. The zero-order valence-electron chi connectivity index (χ0n) is 12.6. The van der Waals surface area contributed by atoms with E-state index in [1.807, 2.05) is 0 Å². The van der Waals surface area contributed by atoms with E-state index in [2.05, 4.69) is 10.1 Å². The first kappa shape index (κ1) is 17.4. The lowest BCUT2D eigenvalue weighted by Crippen LogP contribution is -2.44. The number of carbonyl (C=O) groups excluding carboxylic acids is 2. The van der Waals surface area contributed by atoms with Crippen molar-refractivity contribution in [3.8, 4) is 6.07 Å². The topological polar surface area (TPSA) is 91.7 Å². The maximum Gasteiger partial charge on any atom is 0.510 e. The van der Waals surface area contributed by atoms with Crippen molar-refractivity contribution in [2.24, 2.45) is 0 Å². The van der Waals surface area contributed by atoms with Gasteiger partial charge < -0.3 is 9.47 Å². The van der Waals surface area contributed by atoms with Gasteiger partial charge in [-0.2, -0.15) is 18.4 Å². The smallest absolute Gasteiger partial charge is 0.438 e. The van der Waals surface area contributed by atoms with Crippen LogP contribution in [0.25, 0.3) is 0 Å². The van der Waals surface area contributed by atoms with E-state index in [-0.39, 0.29) is 12.2 Å². The van der Waals surface area contributed by atoms with Gasteiger partial charge in [0.05, 0.1) is 30.9 Å². The number of amides is 2. The third-order valence-electron chi connectivity index (χ3n) is 3.29. The number of rotatable bonds is 2. The van der Waals surface area contributed by atoms with Crippen LogP contribution in [-0.2, 0) is 15.7 Å². The third kappa shape index (κ3) is 3.34. The predicted octanol–water partition coefficient (Wildman–Crippen LogP) is 2.61. The number of benzene rings is 1. The Labute approximate surface area is 134 Å². The molecular formula is C14H12F3N3O4. The molecule has 0 saturated carbocycles. The van der Waals surface area contributed by atoms with Crippen molar-refractivity contribution in [3.05, 3.63) is 29.3 Å². The molecule has 1 aromatic rings. The average Bonchev–Trinajstić information content (AvgIpc) is 2.80. The minimum atomic E-state index is -4.75. The Morgan fingerprint density at radius 3 is 2.67 bits per heavy atom. The summed E-state index contributed by atoms with van der Waals surface area (Å²) in [5, 5.41) is 11.1. The third-order valence-corrected chi connectivity index (χ3v) is 3.29. The van der Waals surface area contributed by atoms with Crippen LogP contribution < -0.4 is 10.2 Å². The van der Waals surface area contributed by atoms with Gasteiger partial charge in [0.15, 0.2) is 0 Å². The van der Waals surface area contributed by atoms with Crippen molar-refractivity contribution in [1.29, 1.82) is 5.26 Å². The molecule has 1 atom stereocenters. The number of nitrogens with zero attached hydrogens (tertiary/aromatic N) is 2. The monoisotopic (exact) mass is 343 g/mol. The van der Waals surface area contributed by atoms with Crippen molar-refractivity contribution in [1.82, 2.24) is 5.32 Å². The number of urea groups is 1. The van der Waals surface area contributed by atoms with Gasteiger partial charge in [-0.1, -0.05) is 0 Å². The van der Waals surface area contributed by atoms with Gasteiger partial charge in [0, 0.05) is 5.69 Å². The maximum absolute atomic E-state index is 13.0. The average molecular weight is 343 g/mol. The van der Waals surface area contributed by atoms with Crippen LogP contribution in [0.5, 0.6) is 0 Å². The molecule has 2 amide bonds. The van der Waals surface area contributed by atoms with Gasteiger partial charge >= 0.3 is 18.4 Å². The summed E-state index contributed by atoms with van der Waals surface area (Å²) in [7, 11) is 1.08. The van der Waals surface area contributed by atoms with Gasteiger partial charge in [0.2, 0.25) is 5.72 Å². The second-order valence-electron chi connectivity index (χ2n) is 5.14. The molecule has 0 aromatic heterocycles. The van der Waals surface area contributed by atoms with Crippen LogP contribution in [0.3, 0.4) is 0 Å². The fourth-order valence-corrected chi connectivity index (χ4v) is 2.23. The lowest BCUT2D eigenvalue weighted by Gasteiger charge is -2.23. The number of hydrogen-bond donors (Lipinski definition) is 1. The van der Waals surface area contributed by atoms with Crippen LogP contribution in [0.2, 0.25) is 0 Å². The second kappa shape index (κ2) is 5.92. The molecule has 1 N–H and O–H groups in total. The molecule has 1 saturated heterocycles. The lowest BCUT2D eigenvalue weighted by atomic mass is 10.1. The molecule has 1 aliphatic heterocycles. The van der Waals surface area contributed by atoms with E-state index in [0.717, 1.165) is 18.1 Å². The highest BCUT2D eigenvalue weighted by Crippen LogP contribution is 2.35. The van der Waals surface area contributed by atoms with Crippen LogP contribution in [0, 0.1) is 11.3 Å². The normalized spacial score (nSPS) is 20.3. The Balaban J connectivity index is 2.34. The van der Waals surface area contributed by atoms with Gasteiger partial charge in [-0.15, -0.1) is 0 Å². The van der Waals surface area contributed by atoms with Gasteiger partial charge in [0.25, 0.3) is 0 Å². The van der Waals surface area contributed by atoms with Crippen molar-refractivity contribution >= 4 is 17.9 Å². The minimum absolute atomic E-state index is 0.0870. The molecule has 0 spiro atoms. The van der Waals surface area contributed by atoms with Gasteiger partial charge in [-0.3, -0.25) is 10.2 Å². The van der Waals surface area contributed by atoms with Crippen LogP contribution in [0.15, 0.2) is 18.2 Å². The fraction of sp³-hybridized carbons (Fsp3) is 0.357. The number of nitriles is 1. The molecule has 10 heteroatoms. The number of hydrogen-bond acceptors (Lipinski definition) is 5. The van der Waals surface area contributed by atoms with E-state index in [1.165, 1.54) is 19.1 Å². The van der Waals surface area contributed by atoms with E-state index in [4.69, 9.17) is 10.00 Å². The highest BCUT2D eigenvalue weighted by molar-refractivity contribution is 5.95. The number of methoxy groups -OCH3 is 1. The molecule has 1 heterocycles. The molecule has 1 fully saturated rings. The number of halogens is 3. The molecule has 0 bridgehead atoms.